The molecule has 2 atom stereocenters. The van der Waals surface area contributed by atoms with Crippen molar-refractivity contribution in [2.45, 2.75) is 24.9 Å². The van der Waals surface area contributed by atoms with E-state index in [-0.39, 0.29) is 0 Å². The van der Waals surface area contributed by atoms with Gasteiger partial charge in [0.05, 0.1) is 30.9 Å². The molecule has 196 valence electrons. The van der Waals surface area contributed by atoms with Gasteiger partial charge in [0.2, 0.25) is 0 Å². The molecule has 5 rings (SSSR count). The SMILES string of the molecule is COc1ccc([C@@H]2CC(c3cccs3)=NN2C(=O)CN2C(=O)N[C@@](C)(c3ccc(F)cc3)C2=O)cc1OC. The fourth-order valence-electron chi connectivity index (χ4n) is 4.68. The van der Waals surface area contributed by atoms with Crippen molar-refractivity contribution >= 4 is 34.9 Å². The van der Waals surface area contributed by atoms with Gasteiger partial charge in [-0.2, -0.15) is 5.10 Å². The van der Waals surface area contributed by atoms with Gasteiger partial charge in [0.15, 0.2) is 11.5 Å². The normalized spacial score (nSPS) is 20.9. The molecule has 0 radical (unpaired) electrons. The van der Waals surface area contributed by atoms with Crippen molar-refractivity contribution < 1.29 is 28.2 Å². The summed E-state index contributed by atoms with van der Waals surface area (Å²) in [5, 5.41) is 10.5. The summed E-state index contributed by atoms with van der Waals surface area (Å²) in [4.78, 5) is 41.6. The minimum Gasteiger partial charge on any atom is -0.493 e. The van der Waals surface area contributed by atoms with Crippen LogP contribution in [0.4, 0.5) is 9.18 Å². The highest BCUT2D eigenvalue weighted by Gasteiger charge is 2.50. The molecule has 4 amide bonds. The molecule has 2 aliphatic heterocycles. The van der Waals surface area contributed by atoms with E-state index in [1.165, 1.54) is 54.6 Å². The van der Waals surface area contributed by atoms with Gasteiger partial charge in [0, 0.05) is 6.42 Å². The summed E-state index contributed by atoms with van der Waals surface area (Å²) in [6.45, 7) is 1.02. The van der Waals surface area contributed by atoms with Crippen LogP contribution in [0.2, 0.25) is 0 Å². The lowest BCUT2D eigenvalue weighted by atomic mass is 9.92. The monoisotopic (exact) mass is 536 g/mol. The maximum atomic E-state index is 13.6. The smallest absolute Gasteiger partial charge is 0.325 e. The van der Waals surface area contributed by atoms with Crippen LogP contribution in [0.1, 0.15) is 35.4 Å². The van der Waals surface area contributed by atoms with Crippen LogP contribution in [0.25, 0.3) is 0 Å². The van der Waals surface area contributed by atoms with E-state index in [1.807, 2.05) is 23.6 Å². The predicted octanol–water partition coefficient (Wildman–Crippen LogP) is 4.05. The summed E-state index contributed by atoms with van der Waals surface area (Å²) in [6.07, 6.45) is 0.440. The standard InChI is InChI=1S/C27H25FN4O5S/c1-27(17-7-9-18(28)10-8-17)25(34)31(26(35)29-27)15-24(33)32-20(14-19(30-32)23-5-4-12-38-23)16-6-11-21(36-2)22(13-16)37-3/h4-13,20H,14-15H2,1-3H3,(H,29,35)/t20-,27-/m0/s1. The van der Waals surface area contributed by atoms with Gasteiger partial charge in [-0.25, -0.2) is 14.2 Å². The number of urea groups is 1. The van der Waals surface area contributed by atoms with Crippen molar-refractivity contribution in [2.24, 2.45) is 5.10 Å². The van der Waals surface area contributed by atoms with Crippen LogP contribution in [0, 0.1) is 5.82 Å². The molecule has 38 heavy (non-hydrogen) atoms. The van der Waals surface area contributed by atoms with Crippen LogP contribution < -0.4 is 14.8 Å². The van der Waals surface area contributed by atoms with Crippen LogP contribution in [0.15, 0.2) is 65.1 Å². The molecule has 0 unspecified atom stereocenters. The number of halogens is 1. The molecule has 2 aliphatic rings. The van der Waals surface area contributed by atoms with Gasteiger partial charge in [-0.05, 0) is 53.8 Å². The van der Waals surface area contributed by atoms with Crippen molar-refractivity contribution in [1.29, 1.82) is 0 Å². The van der Waals surface area contributed by atoms with Gasteiger partial charge < -0.3 is 14.8 Å². The molecule has 0 spiro atoms. The number of hydrogen-bond acceptors (Lipinski definition) is 7. The molecule has 0 aliphatic carbocycles. The van der Waals surface area contributed by atoms with E-state index < -0.39 is 41.8 Å². The second kappa shape index (κ2) is 9.90. The summed E-state index contributed by atoms with van der Waals surface area (Å²) in [7, 11) is 3.07. The fourth-order valence-corrected chi connectivity index (χ4v) is 5.40. The second-order valence-electron chi connectivity index (χ2n) is 9.05. The Hall–Kier alpha value is -4.25. The third-order valence-electron chi connectivity index (χ3n) is 6.75. The zero-order valence-electron chi connectivity index (χ0n) is 20.9. The summed E-state index contributed by atoms with van der Waals surface area (Å²) in [5.74, 6) is -0.539. The number of benzene rings is 2. The minimum atomic E-state index is -1.43. The van der Waals surface area contributed by atoms with Crippen molar-refractivity contribution in [2.75, 3.05) is 20.8 Å². The number of hydrazone groups is 1. The molecule has 1 fully saturated rings. The molecule has 3 aromatic rings. The Morgan fingerprint density at radius 1 is 1.13 bits per heavy atom. The van der Waals surface area contributed by atoms with Crippen LogP contribution in [-0.4, -0.2) is 54.2 Å². The highest BCUT2D eigenvalue weighted by molar-refractivity contribution is 7.12. The first kappa shape index (κ1) is 25.4. The highest BCUT2D eigenvalue weighted by Crippen LogP contribution is 2.38. The number of nitrogens with one attached hydrogen (secondary N) is 1. The van der Waals surface area contributed by atoms with E-state index in [2.05, 4.69) is 10.4 Å². The Bertz CT molecular complexity index is 1430. The average Bonchev–Trinajstić information content (AvgIpc) is 3.65. The number of nitrogens with zero attached hydrogens (tertiary/aromatic N) is 3. The Morgan fingerprint density at radius 2 is 1.87 bits per heavy atom. The number of thiophene rings is 1. The minimum absolute atomic E-state index is 0.412. The van der Waals surface area contributed by atoms with Crippen molar-refractivity contribution in [3.63, 3.8) is 0 Å². The summed E-state index contributed by atoms with van der Waals surface area (Å²) < 4.78 is 24.2. The third kappa shape index (κ3) is 4.38. The van der Waals surface area contributed by atoms with Crippen LogP contribution in [-0.2, 0) is 15.1 Å². The first-order chi connectivity index (χ1) is 18.2. The lowest BCUT2D eigenvalue weighted by molar-refractivity contribution is -0.140. The van der Waals surface area contributed by atoms with Gasteiger partial charge in [-0.1, -0.05) is 24.3 Å². The van der Waals surface area contributed by atoms with Crippen LogP contribution in [0.3, 0.4) is 0 Å². The third-order valence-corrected chi connectivity index (χ3v) is 7.67. The molecule has 0 saturated carbocycles. The van der Waals surface area contributed by atoms with Gasteiger partial charge in [0.25, 0.3) is 11.8 Å². The number of methoxy groups -OCH3 is 2. The number of carbonyl (C=O) groups is 3. The average molecular weight is 537 g/mol. The lowest BCUT2D eigenvalue weighted by Gasteiger charge is -2.25. The molecular formula is C27H25FN4O5S. The topological polar surface area (TPSA) is 101 Å². The molecule has 3 heterocycles. The zero-order valence-corrected chi connectivity index (χ0v) is 21.8. The Labute approximate surface area is 222 Å². The lowest BCUT2D eigenvalue weighted by Crippen LogP contribution is -2.43. The quantitative estimate of drug-likeness (QED) is 0.460. The maximum Gasteiger partial charge on any atom is 0.325 e. The molecule has 1 saturated heterocycles. The van der Waals surface area contributed by atoms with Crippen LogP contribution >= 0.6 is 11.3 Å². The molecule has 0 bridgehead atoms. The summed E-state index contributed by atoms with van der Waals surface area (Å²) >= 11 is 1.51. The number of carbonyl (C=O) groups excluding carboxylic acids is 3. The molecule has 2 aromatic carbocycles. The Kier molecular flexibility index (Phi) is 6.62. The molecular weight excluding hydrogens is 511 g/mol. The molecule has 1 aromatic heterocycles. The first-order valence-electron chi connectivity index (χ1n) is 11.8. The highest BCUT2D eigenvalue weighted by atomic mass is 32.1. The van der Waals surface area contributed by atoms with Crippen molar-refractivity contribution in [3.8, 4) is 11.5 Å². The fraction of sp³-hybridized carbons (Fsp3) is 0.259. The van der Waals surface area contributed by atoms with Gasteiger partial charge >= 0.3 is 6.03 Å². The maximum absolute atomic E-state index is 13.6. The second-order valence-corrected chi connectivity index (χ2v) is 10.00. The Morgan fingerprint density at radius 3 is 2.53 bits per heavy atom. The van der Waals surface area contributed by atoms with Crippen molar-refractivity contribution in [1.82, 2.24) is 15.2 Å². The number of hydrogen-bond donors (Lipinski definition) is 1. The largest absolute Gasteiger partial charge is 0.493 e. The number of rotatable bonds is 7. The molecule has 9 nitrogen and oxygen atoms in total. The predicted molar refractivity (Wildman–Crippen MR) is 139 cm³/mol. The van der Waals surface area contributed by atoms with Gasteiger partial charge in [-0.15, -0.1) is 11.3 Å². The van der Waals surface area contributed by atoms with E-state index in [9.17, 15) is 18.8 Å². The zero-order chi connectivity index (χ0) is 27.0. The molecule has 1 N–H and O–H groups in total. The summed E-state index contributed by atoms with van der Waals surface area (Å²) in [6, 6.07) is 13.3. The van der Waals surface area contributed by atoms with Gasteiger partial charge in [-0.3, -0.25) is 14.5 Å². The van der Waals surface area contributed by atoms with Gasteiger partial charge in [0.1, 0.15) is 17.9 Å². The van der Waals surface area contributed by atoms with E-state index >= 15 is 0 Å². The van der Waals surface area contributed by atoms with E-state index in [0.29, 0.717) is 23.5 Å². The first-order valence-corrected chi connectivity index (χ1v) is 12.7. The van der Waals surface area contributed by atoms with E-state index in [0.717, 1.165) is 21.1 Å². The Balaban J connectivity index is 1.43. The number of ether oxygens (including phenoxy) is 2. The number of amides is 4. The molecule has 11 heteroatoms. The van der Waals surface area contributed by atoms with Crippen molar-refractivity contribution in [3.05, 3.63) is 81.8 Å². The van der Waals surface area contributed by atoms with E-state index in [4.69, 9.17) is 9.47 Å². The van der Waals surface area contributed by atoms with E-state index in [1.54, 1.807) is 19.2 Å². The van der Waals surface area contributed by atoms with Crippen LogP contribution in [0.5, 0.6) is 11.5 Å². The summed E-state index contributed by atoms with van der Waals surface area (Å²) in [5.41, 5.74) is 0.472. The number of imide groups is 1.